The molecule has 0 amide bonds. The molecular weight excluding hydrogens is 532 g/mol. The first-order chi connectivity index (χ1) is 21.7. The normalized spacial score (nSPS) is 11.9. The minimum absolute atomic E-state index is 0.651. The highest BCUT2D eigenvalue weighted by Crippen LogP contribution is 2.49. The fraction of sp³-hybridized carbons (Fsp3) is 0.0238. The summed E-state index contributed by atoms with van der Waals surface area (Å²) in [6, 6.07) is 47.1. The van der Waals surface area contributed by atoms with E-state index in [9.17, 15) is 5.26 Å². The third-order valence-corrected chi connectivity index (χ3v) is 8.34. The van der Waals surface area contributed by atoms with Gasteiger partial charge in [-0.25, -0.2) is 0 Å². The molecule has 0 bridgehead atoms. The number of fused-ring (bicyclic) bond motifs is 3. The Labute approximate surface area is 258 Å². The molecule has 0 saturated heterocycles. The molecule has 6 aromatic carbocycles. The largest absolute Gasteiger partial charge is 0.310 e. The molecule has 0 spiro atoms. The van der Waals surface area contributed by atoms with Crippen LogP contribution in [0.25, 0.3) is 55.3 Å². The molecule has 2 heteroatoms. The van der Waals surface area contributed by atoms with Gasteiger partial charge >= 0.3 is 0 Å². The fourth-order valence-electron chi connectivity index (χ4n) is 6.31. The average Bonchev–Trinajstić information content (AvgIpc) is 3.42. The maximum absolute atomic E-state index is 9.26. The Morgan fingerprint density at radius 3 is 1.93 bits per heavy atom. The second kappa shape index (κ2) is 11.4. The van der Waals surface area contributed by atoms with Crippen LogP contribution >= 0.6 is 0 Å². The van der Waals surface area contributed by atoms with Crippen molar-refractivity contribution >= 4 is 22.1 Å². The summed E-state index contributed by atoms with van der Waals surface area (Å²) in [6.07, 6.45) is 8.05. The molecule has 6 aromatic rings. The van der Waals surface area contributed by atoms with Crippen LogP contribution in [0.2, 0.25) is 0 Å². The van der Waals surface area contributed by atoms with E-state index in [1.54, 1.807) is 0 Å². The molecule has 0 N–H and O–H groups in total. The van der Waals surface area contributed by atoms with E-state index in [-0.39, 0.29) is 0 Å². The van der Waals surface area contributed by atoms with Crippen molar-refractivity contribution < 1.29 is 0 Å². The highest BCUT2D eigenvalue weighted by atomic mass is 15.1. The van der Waals surface area contributed by atoms with Gasteiger partial charge in [-0.15, -0.1) is 0 Å². The molecule has 44 heavy (non-hydrogen) atoms. The third-order valence-electron chi connectivity index (χ3n) is 8.34. The Balaban J connectivity index is 1.37. The number of anilines is 2. The van der Waals surface area contributed by atoms with Crippen molar-refractivity contribution in [2.75, 3.05) is 4.90 Å². The number of hydrogen-bond donors (Lipinski definition) is 0. The lowest BCUT2D eigenvalue weighted by molar-refractivity contribution is 1.21. The number of nitrogens with zero attached hydrogens (tertiary/aromatic N) is 2. The molecule has 0 unspecified atom stereocenters. The van der Waals surface area contributed by atoms with Crippen molar-refractivity contribution in [3.8, 4) is 50.6 Å². The van der Waals surface area contributed by atoms with Crippen molar-refractivity contribution in [2.24, 2.45) is 0 Å². The van der Waals surface area contributed by atoms with Crippen LogP contribution < -0.4 is 4.90 Å². The van der Waals surface area contributed by atoms with Gasteiger partial charge in [0.15, 0.2) is 0 Å². The minimum atomic E-state index is 0.651. The molecule has 0 heterocycles. The summed E-state index contributed by atoms with van der Waals surface area (Å²) in [5.74, 6) is 0. The zero-order valence-corrected chi connectivity index (χ0v) is 24.5. The predicted octanol–water partition coefficient (Wildman–Crippen LogP) is 11.5. The Morgan fingerprint density at radius 2 is 1.25 bits per heavy atom. The average molecular weight is 563 g/mol. The van der Waals surface area contributed by atoms with E-state index in [4.69, 9.17) is 0 Å². The lowest BCUT2D eigenvalue weighted by Crippen LogP contribution is -2.15. The Hall–Kier alpha value is -5.91. The van der Waals surface area contributed by atoms with Crippen LogP contribution in [0.15, 0.2) is 164 Å². The summed E-state index contributed by atoms with van der Waals surface area (Å²) >= 11 is 0. The van der Waals surface area contributed by atoms with E-state index in [1.807, 2.05) is 49.4 Å². The van der Waals surface area contributed by atoms with Crippen molar-refractivity contribution in [1.82, 2.24) is 0 Å². The van der Waals surface area contributed by atoms with Gasteiger partial charge in [-0.2, -0.15) is 5.26 Å². The monoisotopic (exact) mass is 562 g/mol. The van der Waals surface area contributed by atoms with Crippen LogP contribution in [0, 0.1) is 11.3 Å². The van der Waals surface area contributed by atoms with Crippen LogP contribution in [0.5, 0.6) is 0 Å². The lowest BCUT2D eigenvalue weighted by Gasteiger charge is -2.27. The van der Waals surface area contributed by atoms with E-state index in [2.05, 4.69) is 127 Å². The number of allylic oxidation sites excluding steroid dienone is 4. The van der Waals surface area contributed by atoms with Gasteiger partial charge in [0.1, 0.15) is 0 Å². The molecule has 0 fully saturated rings. The molecule has 0 atom stereocenters. The molecule has 2 nitrogen and oxygen atoms in total. The summed E-state index contributed by atoms with van der Waals surface area (Å²) in [5.41, 5.74) is 13.4. The van der Waals surface area contributed by atoms with E-state index in [0.717, 1.165) is 33.8 Å². The SMILES string of the molecule is C=C/C(=C\C=C/C)N(c1cccc(-c2ccc(C#N)cc2)c1)c1cccc(-c2ccc3c4c(cccc24)-c2ccccc2-3)c1. The summed E-state index contributed by atoms with van der Waals surface area (Å²) in [6.45, 7) is 6.19. The minimum Gasteiger partial charge on any atom is -0.310 e. The van der Waals surface area contributed by atoms with Crippen LogP contribution in [0.1, 0.15) is 12.5 Å². The standard InChI is InChI=1S/C42H30N2/c1-3-5-13-33(4-2)44(34-14-8-11-31(26-34)30-22-20-29(28-43)21-23-30)35-15-9-12-32(27-35)36-24-25-41-38-17-7-6-16-37(38)40-19-10-18-39(36)42(40)41/h3-27H,2H2,1H3/b5-3-,33-13+. The summed E-state index contributed by atoms with van der Waals surface area (Å²) < 4.78 is 0. The predicted molar refractivity (Wildman–Crippen MR) is 186 cm³/mol. The van der Waals surface area contributed by atoms with Gasteiger partial charge in [0, 0.05) is 17.1 Å². The Kier molecular flexibility index (Phi) is 6.99. The van der Waals surface area contributed by atoms with Crippen molar-refractivity contribution in [3.63, 3.8) is 0 Å². The summed E-state index contributed by atoms with van der Waals surface area (Å²) in [5, 5.41) is 11.8. The van der Waals surface area contributed by atoms with Gasteiger partial charge in [-0.3, -0.25) is 0 Å². The zero-order chi connectivity index (χ0) is 30.0. The number of nitriles is 1. The van der Waals surface area contributed by atoms with Crippen LogP contribution in [-0.2, 0) is 0 Å². The first-order valence-electron chi connectivity index (χ1n) is 14.8. The number of benzene rings is 6. The highest BCUT2D eigenvalue weighted by molar-refractivity contribution is 6.18. The molecule has 0 aliphatic heterocycles. The Morgan fingerprint density at radius 1 is 0.636 bits per heavy atom. The molecule has 1 aliphatic rings. The van der Waals surface area contributed by atoms with Crippen molar-refractivity contribution in [3.05, 3.63) is 170 Å². The maximum Gasteiger partial charge on any atom is 0.0991 e. The van der Waals surface area contributed by atoms with Gasteiger partial charge in [-0.1, -0.05) is 110 Å². The van der Waals surface area contributed by atoms with Crippen LogP contribution in [0.3, 0.4) is 0 Å². The second-order valence-electron chi connectivity index (χ2n) is 10.9. The van der Waals surface area contributed by atoms with Gasteiger partial charge in [0.2, 0.25) is 0 Å². The second-order valence-corrected chi connectivity index (χ2v) is 10.9. The third kappa shape index (κ3) is 4.62. The van der Waals surface area contributed by atoms with E-state index in [1.165, 1.54) is 38.6 Å². The number of hydrogen-bond acceptors (Lipinski definition) is 2. The first kappa shape index (κ1) is 27.0. The van der Waals surface area contributed by atoms with E-state index >= 15 is 0 Å². The fourth-order valence-corrected chi connectivity index (χ4v) is 6.31. The molecule has 0 saturated carbocycles. The number of rotatable bonds is 7. The maximum atomic E-state index is 9.26. The van der Waals surface area contributed by atoms with Gasteiger partial charge in [0.25, 0.3) is 0 Å². The highest BCUT2D eigenvalue weighted by Gasteiger charge is 2.22. The summed E-state index contributed by atoms with van der Waals surface area (Å²) in [4.78, 5) is 2.25. The van der Waals surface area contributed by atoms with Crippen LogP contribution in [0.4, 0.5) is 11.4 Å². The van der Waals surface area contributed by atoms with Crippen molar-refractivity contribution in [2.45, 2.75) is 6.92 Å². The molecule has 208 valence electrons. The Bertz CT molecular complexity index is 2130. The molecule has 1 aliphatic carbocycles. The van der Waals surface area contributed by atoms with Gasteiger partial charge in [0.05, 0.1) is 11.6 Å². The van der Waals surface area contributed by atoms with Crippen LogP contribution in [-0.4, -0.2) is 0 Å². The zero-order valence-electron chi connectivity index (χ0n) is 24.5. The van der Waals surface area contributed by atoms with Crippen molar-refractivity contribution in [1.29, 1.82) is 5.26 Å². The molecular formula is C42H30N2. The van der Waals surface area contributed by atoms with Gasteiger partial charge < -0.3 is 4.90 Å². The summed E-state index contributed by atoms with van der Waals surface area (Å²) in [7, 11) is 0. The lowest BCUT2D eigenvalue weighted by atomic mass is 9.94. The molecule has 0 aromatic heterocycles. The topological polar surface area (TPSA) is 27.0 Å². The quantitative estimate of drug-likeness (QED) is 0.181. The molecule has 0 radical (unpaired) electrons. The van der Waals surface area contributed by atoms with E-state index in [0.29, 0.717) is 5.56 Å². The molecule has 7 rings (SSSR count). The first-order valence-corrected chi connectivity index (χ1v) is 14.8. The van der Waals surface area contributed by atoms with E-state index < -0.39 is 0 Å². The van der Waals surface area contributed by atoms with Gasteiger partial charge in [-0.05, 0) is 111 Å². The smallest absolute Gasteiger partial charge is 0.0991 e.